The van der Waals surface area contributed by atoms with E-state index in [4.69, 9.17) is 27.9 Å². The number of carbonyl (C=O) groups is 1. The molecule has 0 saturated heterocycles. The lowest BCUT2D eigenvalue weighted by atomic mass is 10.3. The Kier molecular flexibility index (Phi) is 4.47. The molecule has 1 N–H and O–H groups in total. The van der Waals surface area contributed by atoms with Gasteiger partial charge in [-0.05, 0) is 36.4 Å². The first kappa shape index (κ1) is 15.1. The molecule has 0 aliphatic heterocycles. The number of nitrogens with zero attached hydrogens (tertiary/aromatic N) is 1. The summed E-state index contributed by atoms with van der Waals surface area (Å²) in [5.41, 5.74) is 0.792. The third-order valence-electron chi connectivity index (χ3n) is 2.76. The first-order valence-electron chi connectivity index (χ1n) is 6.34. The van der Waals surface area contributed by atoms with E-state index in [1.807, 2.05) is 12.1 Å². The molecule has 1 amide bonds. The fourth-order valence-electron chi connectivity index (χ4n) is 1.81. The summed E-state index contributed by atoms with van der Waals surface area (Å²) < 4.78 is 6.29. The Morgan fingerprint density at radius 2 is 2.00 bits per heavy atom. The highest BCUT2D eigenvalue weighted by molar-refractivity contribution is 7.22. The molecule has 0 spiro atoms. The molecule has 2 aromatic carbocycles. The molecule has 3 rings (SSSR count). The first-order valence-corrected chi connectivity index (χ1v) is 7.92. The monoisotopic (exact) mass is 352 g/mol. The zero-order chi connectivity index (χ0) is 15.5. The van der Waals surface area contributed by atoms with E-state index in [1.165, 1.54) is 11.3 Å². The van der Waals surface area contributed by atoms with Crippen LogP contribution in [0.4, 0.5) is 5.13 Å². The summed E-state index contributed by atoms with van der Waals surface area (Å²) in [6.07, 6.45) is 0. The smallest absolute Gasteiger partial charge is 0.264 e. The Hall–Kier alpha value is -1.82. The van der Waals surface area contributed by atoms with Crippen LogP contribution in [0.1, 0.15) is 0 Å². The molecule has 0 bridgehead atoms. The van der Waals surface area contributed by atoms with Crippen LogP contribution in [0.3, 0.4) is 0 Å². The van der Waals surface area contributed by atoms with Crippen molar-refractivity contribution < 1.29 is 9.53 Å². The summed E-state index contributed by atoms with van der Waals surface area (Å²) in [7, 11) is 0. The van der Waals surface area contributed by atoms with Gasteiger partial charge in [-0.3, -0.25) is 10.1 Å². The van der Waals surface area contributed by atoms with Gasteiger partial charge >= 0.3 is 0 Å². The van der Waals surface area contributed by atoms with E-state index in [9.17, 15) is 4.79 Å². The van der Waals surface area contributed by atoms with Crippen LogP contribution in [0.2, 0.25) is 10.0 Å². The molecule has 0 saturated carbocycles. The zero-order valence-electron chi connectivity index (χ0n) is 11.2. The number of anilines is 1. The number of aromatic nitrogens is 1. The number of halogens is 2. The molecule has 0 radical (unpaired) electrons. The van der Waals surface area contributed by atoms with Crippen molar-refractivity contribution in [3.63, 3.8) is 0 Å². The van der Waals surface area contributed by atoms with Crippen molar-refractivity contribution in [2.45, 2.75) is 0 Å². The summed E-state index contributed by atoms with van der Waals surface area (Å²) in [5, 5.41) is 4.41. The molecular weight excluding hydrogens is 343 g/mol. The van der Waals surface area contributed by atoms with Gasteiger partial charge in [0, 0.05) is 10.0 Å². The molecule has 0 fully saturated rings. The van der Waals surface area contributed by atoms with Crippen LogP contribution >= 0.6 is 34.5 Å². The lowest BCUT2D eigenvalue weighted by molar-refractivity contribution is -0.118. The Bertz CT molecular complexity index is 835. The molecule has 7 heteroatoms. The topological polar surface area (TPSA) is 51.2 Å². The number of hydrogen-bond donors (Lipinski definition) is 1. The quantitative estimate of drug-likeness (QED) is 0.745. The third kappa shape index (κ3) is 3.68. The van der Waals surface area contributed by atoms with Crippen molar-refractivity contribution in [3.05, 3.63) is 52.5 Å². The van der Waals surface area contributed by atoms with Gasteiger partial charge in [0.2, 0.25) is 0 Å². The van der Waals surface area contributed by atoms with Gasteiger partial charge in [0.15, 0.2) is 11.7 Å². The van der Waals surface area contributed by atoms with E-state index in [-0.39, 0.29) is 12.5 Å². The van der Waals surface area contributed by atoms with Gasteiger partial charge in [0.25, 0.3) is 5.91 Å². The lowest BCUT2D eigenvalue weighted by Gasteiger charge is -2.05. The van der Waals surface area contributed by atoms with Crippen LogP contribution < -0.4 is 10.1 Å². The minimum Gasteiger partial charge on any atom is -0.484 e. The summed E-state index contributed by atoms with van der Waals surface area (Å²) in [6.45, 7) is -0.114. The molecule has 22 heavy (non-hydrogen) atoms. The van der Waals surface area contributed by atoms with Gasteiger partial charge in [0.1, 0.15) is 5.75 Å². The van der Waals surface area contributed by atoms with E-state index in [2.05, 4.69) is 10.3 Å². The van der Waals surface area contributed by atoms with Crippen LogP contribution in [0, 0.1) is 0 Å². The molecule has 0 aliphatic carbocycles. The third-order valence-corrected chi connectivity index (χ3v) is 4.17. The van der Waals surface area contributed by atoms with Crippen molar-refractivity contribution in [3.8, 4) is 5.75 Å². The van der Waals surface area contributed by atoms with Crippen molar-refractivity contribution >= 4 is 55.8 Å². The number of fused-ring (bicyclic) bond motifs is 1. The van der Waals surface area contributed by atoms with E-state index in [0.29, 0.717) is 20.9 Å². The van der Waals surface area contributed by atoms with E-state index >= 15 is 0 Å². The Morgan fingerprint density at radius 3 is 2.82 bits per heavy atom. The van der Waals surface area contributed by atoms with Gasteiger partial charge in [-0.15, -0.1) is 0 Å². The van der Waals surface area contributed by atoms with Crippen LogP contribution in [0.25, 0.3) is 10.2 Å². The summed E-state index contributed by atoms with van der Waals surface area (Å²) in [6, 6.07) is 12.3. The number of hydrogen-bond acceptors (Lipinski definition) is 4. The van der Waals surface area contributed by atoms with Crippen molar-refractivity contribution in [2.24, 2.45) is 0 Å². The minimum absolute atomic E-state index is 0.114. The van der Waals surface area contributed by atoms with Gasteiger partial charge in [0.05, 0.1) is 10.2 Å². The van der Waals surface area contributed by atoms with Gasteiger partial charge in [-0.1, -0.05) is 40.6 Å². The zero-order valence-corrected chi connectivity index (χ0v) is 13.5. The molecule has 0 atom stereocenters. The van der Waals surface area contributed by atoms with E-state index in [1.54, 1.807) is 30.3 Å². The number of benzene rings is 2. The highest BCUT2D eigenvalue weighted by Crippen LogP contribution is 2.28. The van der Waals surface area contributed by atoms with Crippen LogP contribution in [0.15, 0.2) is 42.5 Å². The molecule has 1 aromatic heterocycles. The minimum atomic E-state index is -0.287. The van der Waals surface area contributed by atoms with E-state index in [0.717, 1.165) is 10.2 Å². The maximum Gasteiger partial charge on any atom is 0.264 e. The number of rotatable bonds is 4. The highest BCUT2D eigenvalue weighted by Gasteiger charge is 2.09. The molecule has 0 unspecified atom stereocenters. The number of thiazole rings is 1. The predicted octanol–water partition coefficient (Wildman–Crippen LogP) is 4.62. The normalized spacial score (nSPS) is 10.6. The molecule has 1 heterocycles. The average molecular weight is 353 g/mol. The number of amides is 1. The molecule has 3 aromatic rings. The van der Waals surface area contributed by atoms with Crippen LogP contribution in [-0.2, 0) is 4.79 Å². The summed E-state index contributed by atoms with van der Waals surface area (Å²) in [4.78, 5) is 16.2. The number of nitrogens with one attached hydrogen (secondary N) is 1. The SMILES string of the molecule is O=C(COc1cccc(Cl)c1)Nc1nc2ccc(Cl)cc2s1. The Morgan fingerprint density at radius 1 is 1.18 bits per heavy atom. The molecule has 0 aliphatic rings. The lowest BCUT2D eigenvalue weighted by Crippen LogP contribution is -2.19. The Balaban J connectivity index is 1.63. The maximum absolute atomic E-state index is 11.9. The van der Waals surface area contributed by atoms with Gasteiger partial charge in [-0.25, -0.2) is 4.98 Å². The number of carbonyl (C=O) groups excluding carboxylic acids is 1. The van der Waals surface area contributed by atoms with Crippen LogP contribution in [0.5, 0.6) is 5.75 Å². The standard InChI is InChI=1S/C15H10Cl2N2O2S/c16-9-2-1-3-11(6-9)21-8-14(20)19-15-18-12-5-4-10(17)7-13(12)22-15/h1-7H,8H2,(H,18,19,20). The predicted molar refractivity (Wildman–Crippen MR) is 90.2 cm³/mol. The van der Waals surface area contributed by atoms with Gasteiger partial charge < -0.3 is 4.74 Å². The first-order chi connectivity index (χ1) is 10.6. The number of ether oxygens (including phenoxy) is 1. The fourth-order valence-corrected chi connectivity index (χ4v) is 3.15. The van der Waals surface area contributed by atoms with E-state index < -0.39 is 0 Å². The van der Waals surface area contributed by atoms with Gasteiger partial charge in [-0.2, -0.15) is 0 Å². The Labute approximate surface area is 140 Å². The largest absolute Gasteiger partial charge is 0.484 e. The second-order valence-corrected chi connectivity index (χ2v) is 6.33. The van der Waals surface area contributed by atoms with Crippen LogP contribution in [-0.4, -0.2) is 17.5 Å². The van der Waals surface area contributed by atoms with Crippen molar-refractivity contribution in [2.75, 3.05) is 11.9 Å². The molecular formula is C15H10Cl2N2O2S. The summed E-state index contributed by atoms with van der Waals surface area (Å²) in [5.74, 6) is 0.254. The van der Waals surface area contributed by atoms with Crippen molar-refractivity contribution in [1.29, 1.82) is 0 Å². The second kappa shape index (κ2) is 6.52. The summed E-state index contributed by atoms with van der Waals surface area (Å²) >= 11 is 13.1. The second-order valence-electron chi connectivity index (χ2n) is 4.43. The van der Waals surface area contributed by atoms with Crippen molar-refractivity contribution in [1.82, 2.24) is 4.98 Å². The highest BCUT2D eigenvalue weighted by atomic mass is 35.5. The average Bonchev–Trinajstić information content (AvgIpc) is 2.86. The molecule has 4 nitrogen and oxygen atoms in total. The maximum atomic E-state index is 11.9. The molecule has 112 valence electrons. The fraction of sp³-hybridized carbons (Fsp3) is 0.0667.